The number of nitrogens with one attached hydrogen (secondary N) is 2. The Kier molecular flexibility index (Phi) is 10.7. The lowest BCUT2D eigenvalue weighted by molar-refractivity contribution is -0.132. The van der Waals surface area contributed by atoms with Gasteiger partial charge in [0.05, 0.1) is 11.2 Å². The summed E-state index contributed by atoms with van der Waals surface area (Å²) in [5.74, 6) is 0.0848. The van der Waals surface area contributed by atoms with Gasteiger partial charge in [-0.15, -0.1) is 0 Å². The third kappa shape index (κ3) is 8.93. The SMILES string of the molecule is CC(C)C[C@@H](NC(=O)[C@H](C)Oc1ccc(Cl)cc1Cl)C(=O)N/N=C\c1ccc(OCC#N)cc1. The molecule has 34 heavy (non-hydrogen) atoms. The van der Waals surface area contributed by atoms with E-state index in [1.54, 1.807) is 43.3 Å². The van der Waals surface area contributed by atoms with Crippen molar-refractivity contribution in [2.75, 3.05) is 6.61 Å². The Morgan fingerprint density at radius 2 is 1.82 bits per heavy atom. The van der Waals surface area contributed by atoms with Crippen LogP contribution in [0.25, 0.3) is 0 Å². The number of amides is 2. The van der Waals surface area contributed by atoms with Gasteiger partial charge in [0.2, 0.25) is 0 Å². The van der Waals surface area contributed by atoms with Crippen molar-refractivity contribution in [3.05, 3.63) is 58.1 Å². The maximum atomic E-state index is 12.7. The van der Waals surface area contributed by atoms with Crippen molar-refractivity contribution in [1.82, 2.24) is 10.7 Å². The van der Waals surface area contributed by atoms with Gasteiger partial charge in [0.1, 0.15) is 23.6 Å². The summed E-state index contributed by atoms with van der Waals surface area (Å²) in [4.78, 5) is 25.4. The van der Waals surface area contributed by atoms with Crippen LogP contribution < -0.4 is 20.2 Å². The Morgan fingerprint density at radius 3 is 2.44 bits per heavy atom. The summed E-state index contributed by atoms with van der Waals surface area (Å²) >= 11 is 12.0. The third-order valence-corrected chi connectivity index (χ3v) is 5.01. The van der Waals surface area contributed by atoms with Gasteiger partial charge in [-0.3, -0.25) is 9.59 Å². The summed E-state index contributed by atoms with van der Waals surface area (Å²) < 4.78 is 10.8. The Balaban J connectivity index is 1.96. The maximum absolute atomic E-state index is 12.7. The zero-order chi connectivity index (χ0) is 25.1. The molecule has 0 aromatic heterocycles. The molecule has 10 heteroatoms. The Labute approximate surface area is 208 Å². The molecule has 0 spiro atoms. The van der Waals surface area contributed by atoms with E-state index in [-0.39, 0.29) is 17.5 Å². The molecule has 2 aromatic rings. The zero-order valence-corrected chi connectivity index (χ0v) is 20.6. The maximum Gasteiger partial charge on any atom is 0.262 e. The van der Waals surface area contributed by atoms with Crippen LogP contribution in [0.2, 0.25) is 10.0 Å². The first-order valence-electron chi connectivity index (χ1n) is 10.5. The van der Waals surface area contributed by atoms with E-state index in [4.69, 9.17) is 37.9 Å². The fourth-order valence-electron chi connectivity index (χ4n) is 2.82. The van der Waals surface area contributed by atoms with Crippen LogP contribution in [0.4, 0.5) is 0 Å². The topological polar surface area (TPSA) is 113 Å². The van der Waals surface area contributed by atoms with Gasteiger partial charge in [-0.2, -0.15) is 10.4 Å². The van der Waals surface area contributed by atoms with E-state index in [1.807, 2.05) is 19.9 Å². The second-order valence-electron chi connectivity index (χ2n) is 7.78. The Hall–Kier alpha value is -3.28. The highest BCUT2D eigenvalue weighted by molar-refractivity contribution is 6.35. The van der Waals surface area contributed by atoms with Gasteiger partial charge in [-0.05, 0) is 67.3 Å². The summed E-state index contributed by atoms with van der Waals surface area (Å²) in [6, 6.07) is 12.6. The first kappa shape index (κ1) is 27.0. The molecule has 0 fully saturated rings. The van der Waals surface area contributed by atoms with Gasteiger partial charge in [0.25, 0.3) is 11.8 Å². The highest BCUT2D eigenvalue weighted by Gasteiger charge is 2.25. The summed E-state index contributed by atoms with van der Waals surface area (Å²) in [6.07, 6.45) is 0.979. The largest absolute Gasteiger partial charge is 0.479 e. The predicted octanol–water partition coefficient (Wildman–Crippen LogP) is 4.34. The molecule has 2 rings (SSSR count). The van der Waals surface area contributed by atoms with E-state index in [0.717, 1.165) is 5.56 Å². The molecule has 180 valence electrons. The number of benzene rings is 2. The number of halogens is 2. The lowest BCUT2D eigenvalue weighted by Crippen LogP contribution is -2.49. The molecule has 0 aliphatic rings. The number of hydrogen-bond donors (Lipinski definition) is 2. The van der Waals surface area contributed by atoms with Crippen LogP contribution >= 0.6 is 23.2 Å². The van der Waals surface area contributed by atoms with Gasteiger partial charge in [-0.1, -0.05) is 37.0 Å². The lowest BCUT2D eigenvalue weighted by Gasteiger charge is -2.22. The van der Waals surface area contributed by atoms with Crippen molar-refractivity contribution in [2.45, 2.75) is 39.3 Å². The molecule has 2 amide bonds. The molecule has 0 saturated carbocycles. The molecule has 0 unspecified atom stereocenters. The average molecular weight is 505 g/mol. The van der Waals surface area contributed by atoms with E-state index in [2.05, 4.69) is 15.8 Å². The smallest absolute Gasteiger partial charge is 0.262 e. The molecule has 2 atom stereocenters. The summed E-state index contributed by atoms with van der Waals surface area (Å²) in [7, 11) is 0. The highest BCUT2D eigenvalue weighted by atomic mass is 35.5. The number of nitrogens with zero attached hydrogens (tertiary/aromatic N) is 2. The van der Waals surface area contributed by atoms with Crippen molar-refractivity contribution in [1.29, 1.82) is 5.26 Å². The second kappa shape index (κ2) is 13.4. The number of carbonyl (C=O) groups excluding carboxylic acids is 2. The molecule has 0 saturated heterocycles. The van der Waals surface area contributed by atoms with E-state index >= 15 is 0 Å². The minimum atomic E-state index is -0.897. The van der Waals surface area contributed by atoms with Gasteiger partial charge in [-0.25, -0.2) is 5.43 Å². The van der Waals surface area contributed by atoms with Crippen molar-refractivity contribution in [3.8, 4) is 17.6 Å². The van der Waals surface area contributed by atoms with Gasteiger partial charge in [0, 0.05) is 5.02 Å². The summed E-state index contributed by atoms with van der Waals surface area (Å²) in [5.41, 5.74) is 3.18. The predicted molar refractivity (Wildman–Crippen MR) is 131 cm³/mol. The molecule has 0 bridgehead atoms. The Morgan fingerprint density at radius 1 is 1.12 bits per heavy atom. The monoisotopic (exact) mass is 504 g/mol. The number of ether oxygens (including phenoxy) is 2. The highest BCUT2D eigenvalue weighted by Crippen LogP contribution is 2.28. The van der Waals surface area contributed by atoms with E-state index in [0.29, 0.717) is 22.9 Å². The quantitative estimate of drug-likeness (QED) is 0.349. The van der Waals surface area contributed by atoms with E-state index < -0.39 is 24.0 Å². The fraction of sp³-hybridized carbons (Fsp3) is 0.333. The fourth-order valence-corrected chi connectivity index (χ4v) is 3.27. The minimum absolute atomic E-state index is 0.0388. The molecule has 2 aromatic carbocycles. The molecule has 8 nitrogen and oxygen atoms in total. The van der Waals surface area contributed by atoms with Crippen LogP contribution in [-0.4, -0.2) is 36.8 Å². The van der Waals surface area contributed by atoms with Gasteiger partial charge < -0.3 is 14.8 Å². The van der Waals surface area contributed by atoms with Crippen LogP contribution in [0.1, 0.15) is 32.8 Å². The third-order valence-electron chi connectivity index (χ3n) is 4.48. The summed E-state index contributed by atoms with van der Waals surface area (Å²) in [6.45, 7) is 5.41. The molecule has 0 aliphatic heterocycles. The zero-order valence-electron chi connectivity index (χ0n) is 19.0. The Bertz CT molecular complexity index is 1050. The molecular formula is C24H26Cl2N4O4. The number of rotatable bonds is 11. The second-order valence-corrected chi connectivity index (χ2v) is 8.62. The van der Waals surface area contributed by atoms with Gasteiger partial charge >= 0.3 is 0 Å². The lowest BCUT2D eigenvalue weighted by atomic mass is 10.0. The van der Waals surface area contributed by atoms with Crippen LogP contribution in [-0.2, 0) is 9.59 Å². The molecule has 0 aliphatic carbocycles. The standard InChI is InChI=1S/C24H26Cl2N4O4/c1-15(2)12-21(29-23(31)16(3)34-22-9-6-18(25)13-20(22)26)24(32)30-28-14-17-4-7-19(8-5-17)33-11-10-27/h4-9,13-16,21H,11-12H2,1-3H3,(H,29,31)(H,30,32)/b28-14-/t16-,21+/m0/s1. The van der Waals surface area contributed by atoms with Crippen LogP contribution in [0, 0.1) is 17.2 Å². The van der Waals surface area contributed by atoms with E-state index in [9.17, 15) is 9.59 Å². The van der Waals surface area contributed by atoms with Crippen molar-refractivity contribution in [2.24, 2.45) is 11.0 Å². The van der Waals surface area contributed by atoms with Crippen LogP contribution in [0.15, 0.2) is 47.6 Å². The molecule has 0 heterocycles. The van der Waals surface area contributed by atoms with E-state index in [1.165, 1.54) is 12.3 Å². The van der Waals surface area contributed by atoms with Crippen LogP contribution in [0.3, 0.4) is 0 Å². The normalized spacial score (nSPS) is 12.6. The van der Waals surface area contributed by atoms with Crippen LogP contribution in [0.5, 0.6) is 11.5 Å². The molecular weight excluding hydrogens is 479 g/mol. The first-order chi connectivity index (χ1) is 16.2. The molecule has 0 radical (unpaired) electrons. The first-order valence-corrected chi connectivity index (χ1v) is 11.3. The number of nitriles is 1. The summed E-state index contributed by atoms with van der Waals surface area (Å²) in [5, 5.41) is 16.0. The number of carbonyl (C=O) groups is 2. The number of hydrogen-bond acceptors (Lipinski definition) is 6. The average Bonchev–Trinajstić information content (AvgIpc) is 2.79. The van der Waals surface area contributed by atoms with Crippen molar-refractivity contribution in [3.63, 3.8) is 0 Å². The minimum Gasteiger partial charge on any atom is -0.479 e. The number of hydrazone groups is 1. The van der Waals surface area contributed by atoms with Crippen molar-refractivity contribution < 1.29 is 19.1 Å². The molecule has 2 N–H and O–H groups in total. The van der Waals surface area contributed by atoms with Gasteiger partial charge in [0.15, 0.2) is 12.7 Å². The van der Waals surface area contributed by atoms with Crippen molar-refractivity contribution >= 4 is 41.2 Å².